The van der Waals surface area contributed by atoms with Gasteiger partial charge in [0, 0.05) is 29.1 Å². The van der Waals surface area contributed by atoms with Crippen LogP contribution in [-0.4, -0.2) is 15.0 Å². The van der Waals surface area contributed by atoms with Crippen LogP contribution in [0.25, 0.3) is 22.2 Å². The number of aromatic nitrogens is 3. The minimum atomic E-state index is -4.71. The molecule has 4 aromatic rings. The summed E-state index contributed by atoms with van der Waals surface area (Å²) in [6.07, 6.45) is -8.05. The number of nitrogens with zero attached hydrogens (tertiary/aromatic N) is 2. The monoisotopic (exact) mass is 451 g/mol. The summed E-state index contributed by atoms with van der Waals surface area (Å²) in [7, 11) is 0. The fourth-order valence-corrected chi connectivity index (χ4v) is 3.04. The molecule has 11 heteroatoms. The number of hydrogen-bond donors (Lipinski definition) is 1. The van der Waals surface area contributed by atoms with Crippen LogP contribution in [0.3, 0.4) is 0 Å². The van der Waals surface area contributed by atoms with Gasteiger partial charge in [-0.05, 0) is 24.3 Å². The van der Waals surface area contributed by atoms with Gasteiger partial charge in [0.25, 0.3) is 0 Å². The van der Waals surface area contributed by atoms with Crippen molar-refractivity contribution in [1.82, 2.24) is 15.0 Å². The van der Waals surface area contributed by atoms with Crippen LogP contribution in [0, 0.1) is 0 Å². The van der Waals surface area contributed by atoms with Crippen LogP contribution in [-0.2, 0) is 12.4 Å². The van der Waals surface area contributed by atoms with Gasteiger partial charge in [0.2, 0.25) is 11.4 Å². The number of fused-ring (bicyclic) bond motifs is 1. The van der Waals surface area contributed by atoms with E-state index in [0.29, 0.717) is 11.6 Å². The first kappa shape index (κ1) is 21.3. The molecule has 0 radical (unpaired) electrons. The van der Waals surface area contributed by atoms with Crippen LogP contribution in [0.2, 0.25) is 0 Å². The van der Waals surface area contributed by atoms with Gasteiger partial charge in [0.1, 0.15) is 12.1 Å². The maximum absolute atomic E-state index is 13.2. The van der Waals surface area contributed by atoms with Crippen molar-refractivity contribution < 1.29 is 31.1 Å². The molecule has 5 nitrogen and oxygen atoms in total. The Bertz CT molecular complexity index is 1340. The van der Waals surface area contributed by atoms with Crippen molar-refractivity contribution in [2.45, 2.75) is 12.4 Å². The van der Waals surface area contributed by atoms with Crippen molar-refractivity contribution in [2.24, 2.45) is 0 Å². The Balaban J connectivity index is 1.64. The molecule has 4 rings (SSSR count). The van der Waals surface area contributed by atoms with Gasteiger partial charge in [-0.1, -0.05) is 12.1 Å². The largest absolute Gasteiger partial charge is 0.439 e. The molecule has 0 atom stereocenters. The molecule has 0 unspecified atom stereocenters. The Morgan fingerprint density at radius 2 is 1.53 bits per heavy atom. The highest BCUT2D eigenvalue weighted by Gasteiger charge is 2.33. The minimum Gasteiger partial charge on any atom is -0.439 e. The Kier molecular flexibility index (Phi) is 5.11. The van der Waals surface area contributed by atoms with Gasteiger partial charge >= 0.3 is 12.4 Å². The van der Waals surface area contributed by atoms with Gasteiger partial charge in [0.05, 0.1) is 22.3 Å². The average Bonchev–Trinajstić information content (AvgIpc) is 2.72. The molecular weight excluding hydrogens is 440 g/mol. The van der Waals surface area contributed by atoms with Crippen LogP contribution in [0.1, 0.15) is 11.1 Å². The number of halogens is 6. The van der Waals surface area contributed by atoms with E-state index in [1.54, 1.807) is 0 Å². The molecule has 0 saturated heterocycles. The molecular formula is C21H11F6N3O2. The van der Waals surface area contributed by atoms with E-state index in [-0.39, 0.29) is 28.2 Å². The molecule has 0 aliphatic heterocycles. The summed E-state index contributed by atoms with van der Waals surface area (Å²) in [5.41, 5.74) is -2.24. The molecule has 2 aromatic carbocycles. The van der Waals surface area contributed by atoms with Gasteiger partial charge in [-0.2, -0.15) is 26.3 Å². The van der Waals surface area contributed by atoms with Crippen LogP contribution >= 0.6 is 0 Å². The van der Waals surface area contributed by atoms with Crippen molar-refractivity contribution >= 4 is 10.9 Å². The number of ether oxygens (including phenoxy) is 1. The van der Waals surface area contributed by atoms with E-state index in [4.69, 9.17) is 4.74 Å². The molecule has 2 aromatic heterocycles. The lowest BCUT2D eigenvalue weighted by Gasteiger charge is -2.11. The third kappa shape index (κ3) is 4.41. The van der Waals surface area contributed by atoms with Crippen LogP contribution < -0.4 is 10.3 Å². The predicted molar refractivity (Wildman–Crippen MR) is 102 cm³/mol. The summed E-state index contributed by atoms with van der Waals surface area (Å²) >= 11 is 0. The molecule has 0 amide bonds. The summed E-state index contributed by atoms with van der Waals surface area (Å²) in [6, 6.07) is 9.79. The average molecular weight is 451 g/mol. The lowest BCUT2D eigenvalue weighted by Crippen LogP contribution is -2.13. The highest BCUT2D eigenvalue weighted by Crippen LogP contribution is 2.35. The zero-order valence-corrected chi connectivity index (χ0v) is 15.8. The fraction of sp³-hybridized carbons (Fsp3) is 0.0952. The number of aromatic amines is 1. The lowest BCUT2D eigenvalue weighted by atomic mass is 10.1. The van der Waals surface area contributed by atoms with E-state index in [0.717, 1.165) is 24.5 Å². The molecule has 0 spiro atoms. The first-order chi connectivity index (χ1) is 15.0. The van der Waals surface area contributed by atoms with Crippen molar-refractivity contribution in [3.8, 4) is 22.9 Å². The van der Waals surface area contributed by atoms with Crippen molar-refractivity contribution in [3.05, 3.63) is 82.4 Å². The fourth-order valence-electron chi connectivity index (χ4n) is 3.04. The first-order valence-electron chi connectivity index (χ1n) is 8.92. The van der Waals surface area contributed by atoms with Crippen LogP contribution in [0.15, 0.2) is 65.7 Å². The normalized spacial score (nSPS) is 12.2. The van der Waals surface area contributed by atoms with Gasteiger partial charge < -0.3 is 9.72 Å². The SMILES string of the molecule is O=c1cc(C(F)(F)F)c2ccc(Oc3cc(-c4ccc(C(F)(F)F)cc4)ncn3)cc2[nH]1. The molecule has 0 aliphatic carbocycles. The second kappa shape index (κ2) is 7.66. The molecule has 1 N–H and O–H groups in total. The smallest absolute Gasteiger partial charge is 0.417 e. The first-order valence-corrected chi connectivity index (χ1v) is 8.92. The molecule has 164 valence electrons. The van der Waals surface area contributed by atoms with E-state index in [1.165, 1.54) is 30.3 Å². The predicted octanol–water partition coefficient (Wildman–Crippen LogP) is 5.82. The molecule has 2 heterocycles. The summed E-state index contributed by atoms with van der Waals surface area (Å²) in [5.74, 6) is 0.0908. The number of alkyl halides is 6. The Labute approximate surface area is 175 Å². The topological polar surface area (TPSA) is 67.9 Å². The zero-order chi connectivity index (χ0) is 23.1. The summed E-state index contributed by atoms with van der Waals surface area (Å²) in [4.78, 5) is 21.8. The molecule has 0 aliphatic rings. The highest BCUT2D eigenvalue weighted by molar-refractivity contribution is 5.83. The summed E-state index contributed by atoms with van der Waals surface area (Å²) in [6.45, 7) is 0. The number of pyridine rings is 1. The summed E-state index contributed by atoms with van der Waals surface area (Å²) < 4.78 is 83.3. The Morgan fingerprint density at radius 1 is 0.812 bits per heavy atom. The van der Waals surface area contributed by atoms with E-state index in [1.807, 2.05) is 0 Å². The van der Waals surface area contributed by atoms with E-state index >= 15 is 0 Å². The van der Waals surface area contributed by atoms with Crippen molar-refractivity contribution in [1.29, 1.82) is 0 Å². The van der Waals surface area contributed by atoms with E-state index in [9.17, 15) is 31.1 Å². The highest BCUT2D eigenvalue weighted by atomic mass is 19.4. The van der Waals surface area contributed by atoms with Crippen molar-refractivity contribution in [3.63, 3.8) is 0 Å². The van der Waals surface area contributed by atoms with Crippen molar-refractivity contribution in [2.75, 3.05) is 0 Å². The lowest BCUT2D eigenvalue weighted by molar-refractivity contribution is -0.138. The number of hydrogen-bond acceptors (Lipinski definition) is 4. The minimum absolute atomic E-state index is 0.00331. The van der Waals surface area contributed by atoms with Gasteiger partial charge in [-0.3, -0.25) is 4.79 Å². The van der Waals surface area contributed by atoms with Gasteiger partial charge in [-0.25, -0.2) is 9.97 Å². The van der Waals surface area contributed by atoms with E-state index < -0.39 is 29.0 Å². The zero-order valence-electron chi connectivity index (χ0n) is 15.8. The Hall–Kier alpha value is -3.89. The Morgan fingerprint density at radius 3 is 2.19 bits per heavy atom. The van der Waals surface area contributed by atoms with E-state index in [2.05, 4.69) is 15.0 Å². The maximum atomic E-state index is 13.2. The molecule has 32 heavy (non-hydrogen) atoms. The second-order valence-electron chi connectivity index (χ2n) is 6.67. The number of benzene rings is 2. The van der Waals surface area contributed by atoms with Gasteiger partial charge in [0.15, 0.2) is 0 Å². The van der Waals surface area contributed by atoms with Crippen LogP contribution in [0.5, 0.6) is 11.6 Å². The number of H-pyrrole nitrogens is 1. The number of nitrogens with one attached hydrogen (secondary N) is 1. The molecule has 0 bridgehead atoms. The third-order valence-corrected chi connectivity index (χ3v) is 4.49. The standard InChI is InChI=1S/C21H11F6N3O2/c22-20(23,24)12-3-1-11(2-4-12)16-9-19(29-10-28-16)32-13-5-6-14-15(21(25,26)27)8-18(31)30-17(14)7-13/h1-10H,(H,30,31). The summed E-state index contributed by atoms with van der Waals surface area (Å²) in [5, 5.41) is -0.211. The number of rotatable bonds is 3. The second-order valence-corrected chi connectivity index (χ2v) is 6.67. The molecule has 0 saturated carbocycles. The maximum Gasteiger partial charge on any atom is 0.417 e. The van der Waals surface area contributed by atoms with Gasteiger partial charge in [-0.15, -0.1) is 0 Å². The third-order valence-electron chi connectivity index (χ3n) is 4.49. The quantitative estimate of drug-likeness (QED) is 0.399. The molecule has 0 fully saturated rings. The van der Waals surface area contributed by atoms with Crippen LogP contribution in [0.4, 0.5) is 26.3 Å².